The lowest BCUT2D eigenvalue weighted by Gasteiger charge is -2.35. The van der Waals surface area contributed by atoms with Gasteiger partial charge in [0, 0.05) is 0 Å². The predicted molar refractivity (Wildman–Crippen MR) is 77.0 cm³/mol. The molecule has 2 nitrogen and oxygen atoms in total. The fraction of sp³-hybridized carbons (Fsp3) is 0.588. The molecule has 3 unspecified atom stereocenters. The molecule has 0 aliphatic heterocycles. The zero-order valence-corrected chi connectivity index (χ0v) is 12.1. The van der Waals surface area contributed by atoms with Crippen LogP contribution in [-0.2, 0) is 4.74 Å². The van der Waals surface area contributed by atoms with E-state index in [9.17, 15) is 4.79 Å². The van der Waals surface area contributed by atoms with E-state index in [1.165, 1.54) is 6.42 Å². The van der Waals surface area contributed by atoms with Crippen molar-refractivity contribution in [2.75, 3.05) is 0 Å². The molecule has 0 aromatic heterocycles. The Hall–Kier alpha value is -1.31. The van der Waals surface area contributed by atoms with Gasteiger partial charge in [-0.25, -0.2) is 4.79 Å². The first kappa shape index (κ1) is 14.1. The summed E-state index contributed by atoms with van der Waals surface area (Å²) < 4.78 is 5.69. The lowest BCUT2D eigenvalue weighted by Crippen LogP contribution is -2.31. The summed E-state index contributed by atoms with van der Waals surface area (Å²) in [6, 6.07) is 9.28. The van der Waals surface area contributed by atoms with E-state index < -0.39 is 0 Å². The maximum atomic E-state index is 12.1. The number of hydrogen-bond acceptors (Lipinski definition) is 2. The summed E-state index contributed by atoms with van der Waals surface area (Å²) in [6.07, 6.45) is 3.36. The molecule has 1 aliphatic rings. The molecule has 1 saturated carbocycles. The Balaban J connectivity index is 1.97. The molecule has 1 aromatic carbocycles. The molecule has 2 rings (SSSR count). The molecule has 0 spiro atoms. The first-order chi connectivity index (χ1) is 9.06. The fourth-order valence-corrected chi connectivity index (χ4v) is 3.03. The maximum absolute atomic E-state index is 12.1. The maximum Gasteiger partial charge on any atom is 0.338 e. The molecular formula is C17H24O2. The molecule has 0 amide bonds. The highest BCUT2D eigenvalue weighted by molar-refractivity contribution is 5.89. The summed E-state index contributed by atoms with van der Waals surface area (Å²) >= 11 is 0. The van der Waals surface area contributed by atoms with E-state index >= 15 is 0 Å². The minimum absolute atomic E-state index is 0.0869. The van der Waals surface area contributed by atoms with Crippen LogP contribution in [0.3, 0.4) is 0 Å². The van der Waals surface area contributed by atoms with Crippen molar-refractivity contribution in [2.24, 2.45) is 17.8 Å². The summed E-state index contributed by atoms with van der Waals surface area (Å²) in [5.41, 5.74) is 0.654. The second-order valence-electron chi connectivity index (χ2n) is 6.21. The lowest BCUT2D eigenvalue weighted by atomic mass is 9.75. The SMILES string of the molecule is CC1CC(OC(=O)c2ccccc2)CC(C(C)C)C1. The average Bonchev–Trinajstić information content (AvgIpc) is 2.39. The minimum atomic E-state index is -0.179. The van der Waals surface area contributed by atoms with E-state index in [2.05, 4.69) is 20.8 Å². The molecule has 0 saturated heterocycles. The zero-order valence-electron chi connectivity index (χ0n) is 12.1. The Morgan fingerprint density at radius 2 is 1.84 bits per heavy atom. The van der Waals surface area contributed by atoms with Crippen molar-refractivity contribution >= 4 is 5.97 Å². The first-order valence-corrected chi connectivity index (χ1v) is 7.32. The quantitative estimate of drug-likeness (QED) is 0.757. The van der Waals surface area contributed by atoms with E-state index in [1.807, 2.05) is 30.3 Å². The number of hydrogen-bond donors (Lipinski definition) is 0. The van der Waals surface area contributed by atoms with Crippen molar-refractivity contribution in [3.8, 4) is 0 Å². The highest BCUT2D eigenvalue weighted by atomic mass is 16.5. The first-order valence-electron chi connectivity index (χ1n) is 7.32. The molecule has 1 aliphatic carbocycles. The van der Waals surface area contributed by atoms with Crippen LogP contribution in [0.2, 0.25) is 0 Å². The van der Waals surface area contributed by atoms with Gasteiger partial charge in [-0.15, -0.1) is 0 Å². The van der Waals surface area contributed by atoms with Gasteiger partial charge in [0.1, 0.15) is 6.10 Å². The van der Waals surface area contributed by atoms with Gasteiger partial charge in [0.05, 0.1) is 5.56 Å². The van der Waals surface area contributed by atoms with Gasteiger partial charge in [-0.3, -0.25) is 0 Å². The second-order valence-corrected chi connectivity index (χ2v) is 6.21. The molecular weight excluding hydrogens is 236 g/mol. The van der Waals surface area contributed by atoms with Crippen LogP contribution in [0.25, 0.3) is 0 Å². The Morgan fingerprint density at radius 1 is 1.16 bits per heavy atom. The fourth-order valence-electron chi connectivity index (χ4n) is 3.03. The van der Waals surface area contributed by atoms with Gasteiger partial charge in [0.25, 0.3) is 0 Å². The summed E-state index contributed by atoms with van der Waals surface area (Å²) in [6.45, 7) is 6.79. The second kappa shape index (κ2) is 6.23. The van der Waals surface area contributed by atoms with E-state index in [0.29, 0.717) is 23.3 Å². The van der Waals surface area contributed by atoms with Gasteiger partial charge >= 0.3 is 5.97 Å². The van der Waals surface area contributed by atoms with Crippen LogP contribution in [0.1, 0.15) is 50.4 Å². The van der Waals surface area contributed by atoms with Crippen LogP contribution in [-0.4, -0.2) is 12.1 Å². The topological polar surface area (TPSA) is 26.3 Å². The van der Waals surface area contributed by atoms with E-state index in [4.69, 9.17) is 4.74 Å². The molecule has 0 radical (unpaired) electrons. The lowest BCUT2D eigenvalue weighted by molar-refractivity contribution is 0.00156. The Kier molecular flexibility index (Phi) is 4.62. The molecule has 0 N–H and O–H groups in total. The third-order valence-corrected chi connectivity index (χ3v) is 4.16. The third-order valence-electron chi connectivity index (χ3n) is 4.16. The van der Waals surface area contributed by atoms with Crippen LogP contribution in [0, 0.1) is 17.8 Å². The van der Waals surface area contributed by atoms with Gasteiger partial charge < -0.3 is 4.74 Å². The number of rotatable bonds is 3. The van der Waals surface area contributed by atoms with Crippen molar-refractivity contribution in [1.29, 1.82) is 0 Å². The summed E-state index contributed by atoms with van der Waals surface area (Å²) in [7, 11) is 0. The Labute approximate surface area is 116 Å². The van der Waals surface area contributed by atoms with Crippen LogP contribution in [0.5, 0.6) is 0 Å². The van der Waals surface area contributed by atoms with Crippen molar-refractivity contribution < 1.29 is 9.53 Å². The monoisotopic (exact) mass is 260 g/mol. The Morgan fingerprint density at radius 3 is 2.47 bits per heavy atom. The number of benzene rings is 1. The molecule has 1 aromatic rings. The van der Waals surface area contributed by atoms with Crippen LogP contribution >= 0.6 is 0 Å². The van der Waals surface area contributed by atoms with Crippen molar-refractivity contribution in [3.63, 3.8) is 0 Å². The van der Waals surface area contributed by atoms with Gasteiger partial charge in [0.2, 0.25) is 0 Å². The number of carbonyl (C=O) groups excluding carboxylic acids is 1. The van der Waals surface area contributed by atoms with E-state index in [-0.39, 0.29) is 12.1 Å². The molecule has 104 valence electrons. The zero-order chi connectivity index (χ0) is 13.8. The highest BCUT2D eigenvalue weighted by Gasteiger charge is 2.30. The van der Waals surface area contributed by atoms with Crippen LogP contribution < -0.4 is 0 Å². The number of ether oxygens (including phenoxy) is 1. The van der Waals surface area contributed by atoms with Crippen molar-refractivity contribution in [2.45, 2.75) is 46.1 Å². The molecule has 19 heavy (non-hydrogen) atoms. The standard InChI is InChI=1S/C17H24O2/c1-12(2)15-9-13(3)10-16(11-15)19-17(18)14-7-5-4-6-8-14/h4-8,12-13,15-16H,9-11H2,1-3H3. The van der Waals surface area contributed by atoms with E-state index in [1.54, 1.807) is 0 Å². The largest absolute Gasteiger partial charge is 0.459 e. The number of esters is 1. The van der Waals surface area contributed by atoms with Crippen molar-refractivity contribution in [1.82, 2.24) is 0 Å². The van der Waals surface area contributed by atoms with E-state index in [0.717, 1.165) is 12.8 Å². The molecule has 0 heterocycles. The van der Waals surface area contributed by atoms with Gasteiger partial charge in [-0.2, -0.15) is 0 Å². The molecule has 2 heteroatoms. The average molecular weight is 260 g/mol. The predicted octanol–water partition coefficient (Wildman–Crippen LogP) is 4.30. The van der Waals surface area contributed by atoms with Gasteiger partial charge in [0.15, 0.2) is 0 Å². The normalized spacial score (nSPS) is 27.3. The highest BCUT2D eigenvalue weighted by Crippen LogP contribution is 2.35. The number of carbonyl (C=O) groups is 1. The van der Waals surface area contributed by atoms with Gasteiger partial charge in [-0.05, 0) is 49.1 Å². The minimum Gasteiger partial charge on any atom is -0.459 e. The van der Waals surface area contributed by atoms with Crippen LogP contribution in [0.4, 0.5) is 0 Å². The summed E-state index contributed by atoms with van der Waals surface area (Å²) in [5.74, 6) is 1.81. The van der Waals surface area contributed by atoms with Crippen LogP contribution in [0.15, 0.2) is 30.3 Å². The smallest absolute Gasteiger partial charge is 0.338 e. The third kappa shape index (κ3) is 3.82. The molecule has 0 bridgehead atoms. The molecule has 3 atom stereocenters. The Bertz CT molecular complexity index is 411. The van der Waals surface area contributed by atoms with Crippen molar-refractivity contribution in [3.05, 3.63) is 35.9 Å². The molecule has 1 fully saturated rings. The summed E-state index contributed by atoms with van der Waals surface area (Å²) in [4.78, 5) is 12.1. The van der Waals surface area contributed by atoms with Gasteiger partial charge in [-0.1, -0.05) is 39.0 Å². The summed E-state index contributed by atoms with van der Waals surface area (Å²) in [5, 5.41) is 0.